The lowest BCUT2D eigenvalue weighted by Crippen LogP contribution is -2.51. The highest BCUT2D eigenvalue weighted by Crippen LogP contribution is 2.21. The van der Waals surface area contributed by atoms with Crippen molar-refractivity contribution in [2.75, 3.05) is 26.9 Å². The molecular formula is C9H22NO2Si+. The van der Waals surface area contributed by atoms with E-state index in [2.05, 4.69) is 7.05 Å². The van der Waals surface area contributed by atoms with Gasteiger partial charge in [0.15, 0.2) is 6.73 Å². The van der Waals surface area contributed by atoms with Gasteiger partial charge in [-0.15, -0.1) is 0 Å². The van der Waals surface area contributed by atoms with Crippen LogP contribution in [-0.4, -0.2) is 51.0 Å². The zero-order valence-electron chi connectivity index (χ0n) is 8.58. The monoisotopic (exact) mass is 204 g/mol. The molecule has 0 bridgehead atoms. The summed E-state index contributed by atoms with van der Waals surface area (Å²) in [5, 5.41) is 18.5. The Morgan fingerprint density at radius 3 is 2.69 bits per heavy atom. The number of hydrogen-bond acceptors (Lipinski definition) is 2. The molecule has 0 saturated carbocycles. The Morgan fingerprint density at radius 1 is 1.31 bits per heavy atom. The summed E-state index contributed by atoms with van der Waals surface area (Å²) < 4.78 is 0.852. The average Bonchev–Trinajstić information content (AvgIpc) is 2.11. The molecule has 2 unspecified atom stereocenters. The lowest BCUT2D eigenvalue weighted by Gasteiger charge is -2.37. The molecule has 0 aromatic carbocycles. The van der Waals surface area contributed by atoms with E-state index in [9.17, 15) is 10.2 Å². The van der Waals surface area contributed by atoms with Crippen LogP contribution in [0.25, 0.3) is 0 Å². The summed E-state index contributed by atoms with van der Waals surface area (Å²) in [6.45, 7) is 1.71. The average molecular weight is 204 g/mol. The van der Waals surface area contributed by atoms with Gasteiger partial charge in [0.25, 0.3) is 9.68 Å². The summed E-state index contributed by atoms with van der Waals surface area (Å²) in [6, 6.07) is 0. The number of quaternary nitrogens is 1. The minimum Gasteiger partial charge on any atom is -0.396 e. The molecule has 2 N–H and O–H groups in total. The Hall–Kier alpha value is 0.0969. The molecule has 1 aliphatic rings. The quantitative estimate of drug-likeness (QED) is 0.613. The summed E-state index contributed by atoms with van der Waals surface area (Å²) in [5.74, 6) is 0. The van der Waals surface area contributed by atoms with Crippen LogP contribution >= 0.6 is 0 Å². The first-order chi connectivity index (χ1) is 6.20. The summed E-state index contributed by atoms with van der Waals surface area (Å²) in [6.07, 6.45) is 4.95. The first-order valence-electron chi connectivity index (χ1n) is 5.25. The smallest absolute Gasteiger partial charge is 0.262 e. The molecule has 2 atom stereocenters. The van der Waals surface area contributed by atoms with E-state index in [1.54, 1.807) is 0 Å². The maximum Gasteiger partial charge on any atom is 0.262 e. The van der Waals surface area contributed by atoms with Crippen LogP contribution in [0.15, 0.2) is 0 Å². The molecule has 78 valence electrons. The maximum absolute atomic E-state index is 9.31. The SMILES string of the molecule is C[N+]1(CO)CCCCCC(CO)[SiH2]1. The van der Waals surface area contributed by atoms with Crippen molar-refractivity contribution in [3.63, 3.8) is 0 Å². The molecule has 3 nitrogen and oxygen atoms in total. The molecular weight excluding hydrogens is 182 g/mol. The Labute approximate surface area is 82.9 Å². The predicted molar refractivity (Wildman–Crippen MR) is 56.0 cm³/mol. The van der Waals surface area contributed by atoms with Gasteiger partial charge in [-0.2, -0.15) is 0 Å². The van der Waals surface area contributed by atoms with Crippen molar-refractivity contribution in [3.8, 4) is 0 Å². The molecule has 0 aromatic heterocycles. The van der Waals surface area contributed by atoms with Crippen molar-refractivity contribution in [2.24, 2.45) is 0 Å². The van der Waals surface area contributed by atoms with Crippen LogP contribution in [0.5, 0.6) is 0 Å². The van der Waals surface area contributed by atoms with Crippen molar-refractivity contribution in [1.29, 1.82) is 0 Å². The van der Waals surface area contributed by atoms with E-state index in [4.69, 9.17) is 0 Å². The highest BCUT2D eigenvalue weighted by atomic mass is 28.2. The molecule has 13 heavy (non-hydrogen) atoms. The normalized spacial score (nSPS) is 38.5. The molecule has 1 saturated heterocycles. The van der Waals surface area contributed by atoms with Gasteiger partial charge in [-0.25, -0.2) is 0 Å². The summed E-state index contributed by atoms with van der Waals surface area (Å²) in [7, 11) is 1.76. The minimum atomic E-state index is -0.379. The van der Waals surface area contributed by atoms with Gasteiger partial charge in [0.2, 0.25) is 0 Å². The maximum atomic E-state index is 9.31. The zero-order chi connectivity index (χ0) is 9.73. The molecule has 0 spiro atoms. The molecule has 0 radical (unpaired) electrons. The Morgan fingerprint density at radius 2 is 2.08 bits per heavy atom. The van der Waals surface area contributed by atoms with E-state index >= 15 is 0 Å². The highest BCUT2D eigenvalue weighted by Gasteiger charge is 2.27. The van der Waals surface area contributed by atoms with E-state index in [0.717, 1.165) is 10.7 Å². The third-order valence-corrected chi connectivity index (χ3v) is 5.69. The largest absolute Gasteiger partial charge is 0.396 e. The van der Waals surface area contributed by atoms with Gasteiger partial charge >= 0.3 is 0 Å². The van der Waals surface area contributed by atoms with Crippen molar-refractivity contribution in [2.45, 2.75) is 31.2 Å². The third-order valence-electron chi connectivity index (χ3n) is 3.11. The van der Waals surface area contributed by atoms with E-state index in [0.29, 0.717) is 12.1 Å². The van der Waals surface area contributed by atoms with Gasteiger partial charge in [0, 0.05) is 12.1 Å². The van der Waals surface area contributed by atoms with Gasteiger partial charge in [0.1, 0.15) is 0 Å². The number of aliphatic hydroxyl groups is 2. The topological polar surface area (TPSA) is 40.5 Å². The highest BCUT2D eigenvalue weighted by molar-refractivity contribution is 6.28. The van der Waals surface area contributed by atoms with Crippen LogP contribution in [0, 0.1) is 0 Å². The second-order valence-electron chi connectivity index (χ2n) is 4.57. The molecule has 1 fully saturated rings. The van der Waals surface area contributed by atoms with E-state index < -0.39 is 0 Å². The second kappa shape index (κ2) is 5.10. The van der Waals surface area contributed by atoms with Gasteiger partial charge in [-0.05, 0) is 19.3 Å². The Kier molecular flexibility index (Phi) is 4.38. The lowest BCUT2D eigenvalue weighted by molar-refractivity contribution is -0.824. The first kappa shape index (κ1) is 11.2. The van der Waals surface area contributed by atoms with Crippen molar-refractivity contribution < 1.29 is 14.4 Å². The fraction of sp³-hybridized carbons (Fsp3) is 1.00. The molecule has 0 aliphatic carbocycles. The first-order valence-corrected chi connectivity index (χ1v) is 6.70. The number of nitrogens with zero attached hydrogens (tertiary/aromatic N) is 1. The van der Waals surface area contributed by atoms with Crippen LogP contribution in [0.1, 0.15) is 25.7 Å². The molecule has 1 aliphatic heterocycles. The van der Waals surface area contributed by atoms with E-state index in [1.165, 1.54) is 25.7 Å². The fourth-order valence-electron chi connectivity index (χ4n) is 2.19. The summed E-state index contributed by atoms with van der Waals surface area (Å²) >= 11 is 0. The number of aliphatic hydroxyl groups excluding tert-OH is 2. The minimum absolute atomic E-state index is 0.267. The van der Waals surface area contributed by atoms with Crippen LogP contribution in [-0.2, 0) is 0 Å². The van der Waals surface area contributed by atoms with E-state index in [-0.39, 0.29) is 16.4 Å². The summed E-state index contributed by atoms with van der Waals surface area (Å²) in [5.41, 5.74) is 0.525. The Balaban J connectivity index is 2.52. The predicted octanol–water partition coefficient (Wildman–Crippen LogP) is -0.179. The zero-order valence-corrected chi connectivity index (χ0v) is 9.99. The van der Waals surface area contributed by atoms with Gasteiger partial charge < -0.3 is 14.4 Å². The molecule has 4 heteroatoms. The van der Waals surface area contributed by atoms with Crippen LogP contribution < -0.4 is 0 Å². The van der Waals surface area contributed by atoms with Crippen LogP contribution in [0.2, 0.25) is 5.54 Å². The van der Waals surface area contributed by atoms with Crippen LogP contribution in [0.4, 0.5) is 0 Å². The molecule has 1 heterocycles. The second-order valence-corrected chi connectivity index (χ2v) is 7.61. The van der Waals surface area contributed by atoms with Crippen molar-refractivity contribution in [1.82, 2.24) is 0 Å². The molecule has 0 amide bonds. The number of hydrogen-bond donors (Lipinski definition) is 2. The van der Waals surface area contributed by atoms with E-state index in [1.807, 2.05) is 0 Å². The fourth-order valence-corrected chi connectivity index (χ4v) is 4.54. The van der Waals surface area contributed by atoms with Gasteiger partial charge in [0.05, 0.1) is 13.6 Å². The van der Waals surface area contributed by atoms with Gasteiger partial charge in [-0.1, -0.05) is 6.42 Å². The van der Waals surface area contributed by atoms with Crippen LogP contribution in [0.3, 0.4) is 0 Å². The standard InChI is InChI=1S/C9H22NO2Si/c1-10(8-12)6-4-2-3-5-9(7-11)13-10/h9,11-12H,2-8,13H2,1H3/q+1. The summed E-state index contributed by atoms with van der Waals surface area (Å²) in [4.78, 5) is 0. The third kappa shape index (κ3) is 3.38. The lowest BCUT2D eigenvalue weighted by atomic mass is 10.1. The molecule has 1 rings (SSSR count). The van der Waals surface area contributed by atoms with Crippen molar-refractivity contribution in [3.05, 3.63) is 0 Å². The molecule has 0 aromatic rings. The number of rotatable bonds is 2. The van der Waals surface area contributed by atoms with Crippen molar-refractivity contribution >= 4 is 9.68 Å². The Bertz CT molecular complexity index is 157. The van der Waals surface area contributed by atoms with Gasteiger partial charge in [-0.3, -0.25) is 0 Å².